The van der Waals surface area contributed by atoms with Gasteiger partial charge in [-0.05, 0) is 13.8 Å². The van der Waals surface area contributed by atoms with E-state index >= 15 is 0 Å². The fourth-order valence-electron chi connectivity index (χ4n) is 1.45. The van der Waals surface area contributed by atoms with Gasteiger partial charge >= 0.3 is 0 Å². The molecule has 2 heterocycles. The van der Waals surface area contributed by atoms with E-state index in [0.29, 0.717) is 18.5 Å². The van der Waals surface area contributed by atoms with Crippen molar-refractivity contribution >= 4 is 5.95 Å². The van der Waals surface area contributed by atoms with Crippen molar-refractivity contribution in [1.29, 1.82) is 0 Å². The number of anilines is 1. The maximum absolute atomic E-state index is 5.68. The van der Waals surface area contributed by atoms with Crippen LogP contribution in [0.2, 0.25) is 0 Å². The average molecular weight is 206 g/mol. The molecular weight excluding hydrogens is 192 g/mol. The number of rotatable bonds is 3. The lowest BCUT2D eigenvalue weighted by atomic mass is 10.4. The second-order valence-electron chi connectivity index (χ2n) is 3.63. The first-order chi connectivity index (χ1) is 7.18. The number of aromatic nitrogens is 5. The van der Waals surface area contributed by atoms with E-state index in [1.165, 1.54) is 0 Å². The standard InChI is InChI=1S/C9H14N6/c1-7(2)15-8(12-6-13-15)5-14-4-3-11-9(14)10/h3-4,6-7H,5H2,1-2H3,(H2,10,11). The van der Waals surface area contributed by atoms with E-state index in [-0.39, 0.29) is 0 Å². The summed E-state index contributed by atoms with van der Waals surface area (Å²) in [5.41, 5.74) is 5.68. The number of hydrogen-bond acceptors (Lipinski definition) is 4. The molecule has 0 spiro atoms. The molecule has 0 amide bonds. The van der Waals surface area contributed by atoms with Crippen LogP contribution in [0.25, 0.3) is 0 Å². The highest BCUT2D eigenvalue weighted by molar-refractivity contribution is 5.17. The maximum atomic E-state index is 5.68. The van der Waals surface area contributed by atoms with Crippen molar-refractivity contribution < 1.29 is 0 Å². The van der Waals surface area contributed by atoms with E-state index in [0.717, 1.165) is 5.82 Å². The van der Waals surface area contributed by atoms with Crippen LogP contribution in [0.3, 0.4) is 0 Å². The lowest BCUT2D eigenvalue weighted by molar-refractivity contribution is 0.497. The molecule has 2 N–H and O–H groups in total. The van der Waals surface area contributed by atoms with Crippen molar-refractivity contribution in [3.05, 3.63) is 24.5 Å². The Labute approximate surface area is 87.8 Å². The molecule has 0 aliphatic carbocycles. The fourth-order valence-corrected chi connectivity index (χ4v) is 1.45. The minimum atomic E-state index is 0.298. The minimum absolute atomic E-state index is 0.298. The van der Waals surface area contributed by atoms with Gasteiger partial charge in [0.05, 0.1) is 6.54 Å². The molecule has 0 atom stereocenters. The molecule has 0 aromatic carbocycles. The van der Waals surface area contributed by atoms with Crippen LogP contribution < -0.4 is 5.73 Å². The van der Waals surface area contributed by atoms with E-state index < -0.39 is 0 Å². The highest BCUT2D eigenvalue weighted by Gasteiger charge is 2.08. The Balaban J connectivity index is 2.25. The van der Waals surface area contributed by atoms with Crippen molar-refractivity contribution in [2.24, 2.45) is 0 Å². The normalized spacial score (nSPS) is 11.1. The Morgan fingerprint density at radius 1 is 1.40 bits per heavy atom. The number of nitrogens with zero attached hydrogens (tertiary/aromatic N) is 5. The third-order valence-corrected chi connectivity index (χ3v) is 2.20. The van der Waals surface area contributed by atoms with Crippen molar-refractivity contribution in [3.8, 4) is 0 Å². The molecule has 0 saturated carbocycles. The van der Waals surface area contributed by atoms with Crippen molar-refractivity contribution in [2.75, 3.05) is 5.73 Å². The largest absolute Gasteiger partial charge is 0.369 e. The van der Waals surface area contributed by atoms with Crippen molar-refractivity contribution in [3.63, 3.8) is 0 Å². The van der Waals surface area contributed by atoms with Gasteiger partial charge in [0.25, 0.3) is 0 Å². The topological polar surface area (TPSA) is 74.5 Å². The highest BCUT2D eigenvalue weighted by Crippen LogP contribution is 2.08. The molecule has 0 aliphatic rings. The molecule has 6 nitrogen and oxygen atoms in total. The van der Waals surface area contributed by atoms with Crippen LogP contribution in [0, 0.1) is 0 Å². The molecule has 2 rings (SSSR count). The summed E-state index contributed by atoms with van der Waals surface area (Å²) >= 11 is 0. The summed E-state index contributed by atoms with van der Waals surface area (Å²) in [7, 11) is 0. The molecule has 0 unspecified atom stereocenters. The van der Waals surface area contributed by atoms with E-state index in [4.69, 9.17) is 5.73 Å². The summed E-state index contributed by atoms with van der Waals surface area (Å²) < 4.78 is 3.71. The van der Waals surface area contributed by atoms with E-state index in [9.17, 15) is 0 Å². The molecule has 0 radical (unpaired) electrons. The van der Waals surface area contributed by atoms with Crippen LogP contribution in [-0.4, -0.2) is 24.3 Å². The molecule has 80 valence electrons. The smallest absolute Gasteiger partial charge is 0.200 e. The van der Waals surface area contributed by atoms with Gasteiger partial charge in [0, 0.05) is 18.4 Å². The maximum Gasteiger partial charge on any atom is 0.200 e. The predicted octanol–water partition coefficient (Wildman–Crippen LogP) is 0.686. The quantitative estimate of drug-likeness (QED) is 0.801. The first kappa shape index (κ1) is 9.70. The van der Waals surface area contributed by atoms with Gasteiger partial charge in [-0.25, -0.2) is 14.6 Å². The molecule has 6 heteroatoms. The zero-order valence-corrected chi connectivity index (χ0v) is 8.83. The number of hydrogen-bond donors (Lipinski definition) is 1. The van der Waals surface area contributed by atoms with Crippen molar-refractivity contribution in [1.82, 2.24) is 24.3 Å². The zero-order valence-electron chi connectivity index (χ0n) is 8.83. The lowest BCUT2D eigenvalue weighted by Gasteiger charge is -2.10. The molecule has 2 aromatic rings. The Bertz CT molecular complexity index is 441. The summed E-state index contributed by atoms with van der Waals surface area (Å²) in [6.45, 7) is 4.73. The van der Waals surface area contributed by atoms with Crippen molar-refractivity contribution in [2.45, 2.75) is 26.4 Å². The van der Waals surface area contributed by atoms with Gasteiger partial charge in [0.2, 0.25) is 5.95 Å². The number of imidazole rings is 1. The summed E-state index contributed by atoms with van der Waals surface area (Å²) in [5.74, 6) is 1.38. The van der Waals surface area contributed by atoms with Crippen LogP contribution in [0.4, 0.5) is 5.95 Å². The highest BCUT2D eigenvalue weighted by atomic mass is 15.4. The molecule has 0 aliphatic heterocycles. The Kier molecular flexibility index (Phi) is 2.40. The molecule has 0 saturated heterocycles. The first-order valence-corrected chi connectivity index (χ1v) is 4.83. The Morgan fingerprint density at radius 2 is 2.20 bits per heavy atom. The lowest BCUT2D eigenvalue weighted by Crippen LogP contribution is -2.12. The molecular formula is C9H14N6. The first-order valence-electron chi connectivity index (χ1n) is 4.83. The summed E-state index contributed by atoms with van der Waals surface area (Å²) in [6, 6.07) is 0.298. The summed E-state index contributed by atoms with van der Waals surface area (Å²) in [5, 5.41) is 4.16. The second-order valence-corrected chi connectivity index (χ2v) is 3.63. The average Bonchev–Trinajstić information content (AvgIpc) is 2.77. The van der Waals surface area contributed by atoms with Gasteiger partial charge < -0.3 is 10.3 Å². The summed E-state index contributed by atoms with van der Waals surface area (Å²) in [4.78, 5) is 8.16. The molecule has 2 aromatic heterocycles. The Morgan fingerprint density at radius 3 is 2.80 bits per heavy atom. The van der Waals surface area contributed by atoms with Crippen LogP contribution in [0.1, 0.15) is 25.7 Å². The third kappa shape index (κ3) is 1.83. The SMILES string of the molecule is CC(C)n1ncnc1Cn1ccnc1N. The van der Waals surface area contributed by atoms with Crippen LogP contribution in [0.15, 0.2) is 18.7 Å². The second kappa shape index (κ2) is 3.72. The van der Waals surface area contributed by atoms with Crippen LogP contribution in [-0.2, 0) is 6.54 Å². The number of nitrogens with two attached hydrogens (primary N) is 1. The van der Waals surface area contributed by atoms with Gasteiger partial charge in [-0.2, -0.15) is 5.10 Å². The van der Waals surface area contributed by atoms with Crippen LogP contribution >= 0.6 is 0 Å². The van der Waals surface area contributed by atoms with E-state index in [1.807, 2.05) is 15.4 Å². The van der Waals surface area contributed by atoms with Gasteiger partial charge in [0.1, 0.15) is 12.2 Å². The van der Waals surface area contributed by atoms with E-state index in [2.05, 4.69) is 28.9 Å². The number of nitrogen functional groups attached to an aromatic ring is 1. The predicted molar refractivity (Wildman–Crippen MR) is 56.1 cm³/mol. The fraction of sp³-hybridized carbons (Fsp3) is 0.444. The van der Waals surface area contributed by atoms with Gasteiger partial charge in [0.15, 0.2) is 0 Å². The van der Waals surface area contributed by atoms with Crippen LogP contribution in [0.5, 0.6) is 0 Å². The van der Waals surface area contributed by atoms with Gasteiger partial charge in [-0.1, -0.05) is 0 Å². The molecule has 15 heavy (non-hydrogen) atoms. The Hall–Kier alpha value is -1.85. The zero-order chi connectivity index (χ0) is 10.8. The summed E-state index contributed by atoms with van der Waals surface area (Å²) in [6.07, 6.45) is 5.06. The molecule has 0 bridgehead atoms. The van der Waals surface area contributed by atoms with Gasteiger partial charge in [-0.3, -0.25) is 0 Å². The molecule has 0 fully saturated rings. The van der Waals surface area contributed by atoms with E-state index in [1.54, 1.807) is 12.5 Å². The van der Waals surface area contributed by atoms with Gasteiger partial charge in [-0.15, -0.1) is 0 Å². The third-order valence-electron chi connectivity index (χ3n) is 2.20. The monoisotopic (exact) mass is 206 g/mol. The minimum Gasteiger partial charge on any atom is -0.369 e.